The SMILES string of the molecule is Cc1cc(Cn2c(=O)n(Cc3cc(C)c(O)c(C)c3)c(=O)n(Cc3cc(C4CCCCC4)c(O)c(C4CCCCC4)c3)c2=O)cc(C)c1O. The van der Waals surface area contributed by atoms with Crippen LogP contribution in [0.4, 0.5) is 0 Å². The quantitative estimate of drug-likeness (QED) is 0.191. The third-order valence-electron chi connectivity index (χ3n) is 10.8. The van der Waals surface area contributed by atoms with Crippen molar-refractivity contribution in [1.29, 1.82) is 0 Å². The van der Waals surface area contributed by atoms with Gasteiger partial charge in [-0.1, -0.05) is 74.9 Å². The van der Waals surface area contributed by atoms with Gasteiger partial charge in [0.15, 0.2) is 0 Å². The fraction of sp³-hybridized carbons (Fsp3) is 0.475. The zero-order valence-corrected chi connectivity index (χ0v) is 29.2. The molecule has 0 atom stereocenters. The van der Waals surface area contributed by atoms with Gasteiger partial charge in [-0.05, 0) is 115 Å². The summed E-state index contributed by atoms with van der Waals surface area (Å²) in [7, 11) is 0. The second-order valence-corrected chi connectivity index (χ2v) is 14.6. The molecule has 1 aromatic heterocycles. The molecule has 1 heterocycles. The maximum atomic E-state index is 14.2. The highest BCUT2D eigenvalue weighted by Gasteiger charge is 2.26. The van der Waals surface area contributed by atoms with Crippen LogP contribution in [0.5, 0.6) is 17.2 Å². The Labute approximate surface area is 287 Å². The highest BCUT2D eigenvalue weighted by atomic mass is 16.3. The normalized spacial score (nSPS) is 15.9. The Morgan fingerprint density at radius 3 is 1.06 bits per heavy atom. The Hall–Kier alpha value is -4.53. The maximum absolute atomic E-state index is 14.2. The predicted octanol–water partition coefficient (Wildman–Crippen LogP) is 6.76. The van der Waals surface area contributed by atoms with E-state index in [1.54, 1.807) is 52.0 Å². The second-order valence-electron chi connectivity index (χ2n) is 14.6. The lowest BCUT2D eigenvalue weighted by Crippen LogP contribution is -2.54. The Bertz CT molecular complexity index is 1880. The van der Waals surface area contributed by atoms with Gasteiger partial charge < -0.3 is 15.3 Å². The molecule has 0 unspecified atom stereocenters. The predicted molar refractivity (Wildman–Crippen MR) is 191 cm³/mol. The first-order chi connectivity index (χ1) is 23.4. The van der Waals surface area contributed by atoms with E-state index in [0.717, 1.165) is 81.8 Å². The fourth-order valence-electron chi connectivity index (χ4n) is 8.20. The van der Waals surface area contributed by atoms with E-state index >= 15 is 0 Å². The van der Waals surface area contributed by atoms with Crippen LogP contribution in [0.25, 0.3) is 0 Å². The van der Waals surface area contributed by atoms with Gasteiger partial charge in [-0.15, -0.1) is 0 Å². The summed E-state index contributed by atoms with van der Waals surface area (Å²) < 4.78 is 3.33. The number of phenols is 3. The molecule has 260 valence electrons. The molecule has 0 aliphatic heterocycles. The van der Waals surface area contributed by atoms with Gasteiger partial charge in [-0.25, -0.2) is 28.1 Å². The summed E-state index contributed by atoms with van der Waals surface area (Å²) >= 11 is 0. The minimum absolute atomic E-state index is 0.0427. The topological polar surface area (TPSA) is 127 Å². The summed E-state index contributed by atoms with van der Waals surface area (Å²) in [4.78, 5) is 42.5. The van der Waals surface area contributed by atoms with Gasteiger partial charge in [0, 0.05) is 0 Å². The first-order valence-corrected chi connectivity index (χ1v) is 17.8. The van der Waals surface area contributed by atoms with E-state index in [9.17, 15) is 29.7 Å². The number of aryl methyl sites for hydroxylation is 4. The number of nitrogens with zero attached hydrogens (tertiary/aromatic N) is 3. The molecule has 2 aliphatic rings. The zero-order chi connectivity index (χ0) is 35.0. The number of phenolic OH excluding ortho intramolecular Hbond substituents is 3. The van der Waals surface area contributed by atoms with Crippen LogP contribution in [0.1, 0.15) is 126 Å². The molecule has 2 saturated carbocycles. The van der Waals surface area contributed by atoms with Crippen molar-refractivity contribution in [3.63, 3.8) is 0 Å². The molecule has 0 amide bonds. The van der Waals surface area contributed by atoms with Crippen molar-refractivity contribution in [2.75, 3.05) is 0 Å². The molecule has 2 fully saturated rings. The lowest BCUT2D eigenvalue weighted by atomic mass is 9.78. The monoisotopic (exact) mass is 667 g/mol. The average Bonchev–Trinajstić information content (AvgIpc) is 3.09. The van der Waals surface area contributed by atoms with Crippen LogP contribution in [0, 0.1) is 27.7 Å². The standard InChI is InChI=1S/C40H49N3O6/c1-24-15-28(16-25(2)35(24)44)21-41-38(47)42(22-29-17-26(3)36(45)27(4)18-29)40(49)43(39(41)48)23-30-19-33(31-11-7-5-8-12-31)37(46)34(20-30)32-13-9-6-10-14-32/h15-20,31-32,44-46H,5-14,21-23H2,1-4H3. The Balaban J connectivity index is 1.51. The van der Waals surface area contributed by atoms with Gasteiger partial charge >= 0.3 is 17.1 Å². The molecule has 3 aromatic carbocycles. The van der Waals surface area contributed by atoms with Gasteiger partial charge in [0.2, 0.25) is 0 Å². The first-order valence-electron chi connectivity index (χ1n) is 17.8. The molecule has 0 spiro atoms. The van der Waals surface area contributed by atoms with Crippen molar-refractivity contribution in [2.24, 2.45) is 0 Å². The van der Waals surface area contributed by atoms with Crippen LogP contribution < -0.4 is 17.1 Å². The molecule has 9 nitrogen and oxygen atoms in total. The van der Waals surface area contributed by atoms with Crippen molar-refractivity contribution >= 4 is 0 Å². The lowest BCUT2D eigenvalue weighted by Gasteiger charge is -2.28. The minimum Gasteiger partial charge on any atom is -0.507 e. The molecule has 9 heteroatoms. The van der Waals surface area contributed by atoms with Gasteiger partial charge in [0.1, 0.15) is 17.2 Å². The largest absolute Gasteiger partial charge is 0.507 e. The molecule has 6 rings (SSSR count). The Kier molecular flexibility index (Phi) is 9.91. The number of aromatic nitrogens is 3. The number of benzene rings is 3. The Morgan fingerprint density at radius 2 is 0.755 bits per heavy atom. The van der Waals surface area contributed by atoms with E-state index in [1.807, 2.05) is 12.1 Å². The fourth-order valence-corrected chi connectivity index (χ4v) is 8.20. The molecular formula is C40H49N3O6. The summed E-state index contributed by atoms with van der Waals surface area (Å²) in [5.41, 5.74) is 4.25. The summed E-state index contributed by atoms with van der Waals surface area (Å²) in [6, 6.07) is 10.9. The van der Waals surface area contributed by atoms with Crippen molar-refractivity contribution in [2.45, 2.75) is 123 Å². The summed E-state index contributed by atoms with van der Waals surface area (Å²) in [5.74, 6) is 1.13. The van der Waals surface area contributed by atoms with Crippen LogP contribution in [-0.4, -0.2) is 29.0 Å². The van der Waals surface area contributed by atoms with Crippen LogP contribution in [0.2, 0.25) is 0 Å². The van der Waals surface area contributed by atoms with E-state index in [0.29, 0.717) is 39.1 Å². The van der Waals surface area contributed by atoms with Crippen molar-refractivity contribution in [3.8, 4) is 17.2 Å². The number of aromatic hydroxyl groups is 3. The molecular weight excluding hydrogens is 618 g/mol. The van der Waals surface area contributed by atoms with Gasteiger partial charge in [0.05, 0.1) is 19.6 Å². The molecule has 3 N–H and O–H groups in total. The number of hydrogen-bond acceptors (Lipinski definition) is 6. The van der Waals surface area contributed by atoms with E-state index in [4.69, 9.17) is 0 Å². The Morgan fingerprint density at radius 1 is 0.469 bits per heavy atom. The van der Waals surface area contributed by atoms with E-state index in [2.05, 4.69) is 0 Å². The smallest absolute Gasteiger partial charge is 0.336 e. The van der Waals surface area contributed by atoms with Crippen molar-refractivity contribution in [1.82, 2.24) is 13.7 Å². The molecule has 0 bridgehead atoms. The molecule has 2 aliphatic carbocycles. The molecule has 49 heavy (non-hydrogen) atoms. The maximum Gasteiger partial charge on any atom is 0.336 e. The first kappa shape index (κ1) is 34.3. The van der Waals surface area contributed by atoms with E-state index in [1.165, 1.54) is 12.8 Å². The highest BCUT2D eigenvalue weighted by Crippen LogP contribution is 2.44. The molecule has 0 radical (unpaired) electrons. The van der Waals surface area contributed by atoms with Crippen LogP contribution in [0.3, 0.4) is 0 Å². The average molecular weight is 668 g/mol. The van der Waals surface area contributed by atoms with Gasteiger partial charge in [0.25, 0.3) is 0 Å². The highest BCUT2D eigenvalue weighted by molar-refractivity contribution is 5.48. The number of rotatable bonds is 8. The van der Waals surface area contributed by atoms with Crippen LogP contribution >= 0.6 is 0 Å². The van der Waals surface area contributed by atoms with Gasteiger partial charge in [-0.2, -0.15) is 0 Å². The zero-order valence-electron chi connectivity index (χ0n) is 29.2. The minimum atomic E-state index is -0.727. The summed E-state index contributed by atoms with van der Waals surface area (Å²) in [5, 5.41) is 32.4. The third kappa shape index (κ3) is 6.98. The van der Waals surface area contributed by atoms with Crippen LogP contribution in [-0.2, 0) is 19.6 Å². The van der Waals surface area contributed by atoms with Crippen molar-refractivity contribution < 1.29 is 15.3 Å². The van der Waals surface area contributed by atoms with Crippen molar-refractivity contribution in [3.05, 3.63) is 118 Å². The van der Waals surface area contributed by atoms with E-state index in [-0.39, 0.29) is 43.0 Å². The third-order valence-corrected chi connectivity index (χ3v) is 10.8. The van der Waals surface area contributed by atoms with E-state index < -0.39 is 17.1 Å². The summed E-state index contributed by atoms with van der Waals surface area (Å²) in [6.45, 7) is 6.86. The molecule has 0 saturated heterocycles. The summed E-state index contributed by atoms with van der Waals surface area (Å²) in [6.07, 6.45) is 10.8. The molecule has 4 aromatic rings. The van der Waals surface area contributed by atoms with Crippen LogP contribution in [0.15, 0.2) is 50.8 Å². The number of hydrogen-bond donors (Lipinski definition) is 3. The second kappa shape index (κ2) is 14.1. The lowest BCUT2D eigenvalue weighted by molar-refractivity contribution is 0.392. The van der Waals surface area contributed by atoms with Gasteiger partial charge in [-0.3, -0.25) is 0 Å².